The third-order valence-electron chi connectivity index (χ3n) is 3.51. The number of alkyl halides is 3. The molecule has 0 aliphatic heterocycles. The molecule has 1 aliphatic rings. The van der Waals surface area contributed by atoms with Crippen molar-refractivity contribution in [3.05, 3.63) is 34.9 Å². The molecule has 0 spiro atoms. The van der Waals surface area contributed by atoms with Crippen LogP contribution < -0.4 is 0 Å². The predicted octanol–water partition coefficient (Wildman–Crippen LogP) is 4.93. The molecule has 1 aliphatic carbocycles. The first-order chi connectivity index (χ1) is 8.02. The molecule has 0 aromatic heterocycles. The minimum absolute atomic E-state index is 0.127. The summed E-state index contributed by atoms with van der Waals surface area (Å²) in [5, 5.41) is 0. The Morgan fingerprint density at radius 1 is 1.24 bits per heavy atom. The first-order valence-corrected chi connectivity index (χ1v) is 6.22. The molecule has 1 saturated carbocycles. The van der Waals surface area contributed by atoms with E-state index in [-0.39, 0.29) is 5.92 Å². The van der Waals surface area contributed by atoms with Gasteiger partial charge in [-0.3, -0.25) is 0 Å². The molecule has 94 valence electrons. The number of benzene rings is 1. The molecule has 1 fully saturated rings. The summed E-state index contributed by atoms with van der Waals surface area (Å²) >= 11 is 0. The normalized spacial score (nSPS) is 16.9. The number of hydrogen-bond acceptors (Lipinski definition) is 0. The third-order valence-corrected chi connectivity index (χ3v) is 3.51. The van der Waals surface area contributed by atoms with Crippen LogP contribution in [0.3, 0.4) is 0 Å². The zero-order valence-corrected chi connectivity index (χ0v) is 9.98. The number of hydrogen-bond donors (Lipinski definition) is 0. The van der Waals surface area contributed by atoms with Crippen LogP contribution in [0.25, 0.3) is 0 Å². The van der Waals surface area contributed by atoms with Crippen molar-refractivity contribution in [2.24, 2.45) is 0 Å². The molecule has 0 unspecified atom stereocenters. The van der Waals surface area contributed by atoms with Crippen LogP contribution in [0.4, 0.5) is 13.2 Å². The van der Waals surface area contributed by atoms with Gasteiger partial charge in [-0.15, -0.1) is 0 Å². The van der Waals surface area contributed by atoms with Gasteiger partial charge in [0.2, 0.25) is 0 Å². The summed E-state index contributed by atoms with van der Waals surface area (Å²) in [5.74, 6) is 0.127. The second-order valence-electron chi connectivity index (χ2n) is 4.80. The Kier molecular flexibility index (Phi) is 3.45. The van der Waals surface area contributed by atoms with E-state index in [9.17, 15) is 13.2 Å². The van der Waals surface area contributed by atoms with Crippen molar-refractivity contribution >= 4 is 0 Å². The molecule has 0 saturated heterocycles. The summed E-state index contributed by atoms with van der Waals surface area (Å²) < 4.78 is 39.0. The van der Waals surface area contributed by atoms with Gasteiger partial charge in [0.1, 0.15) is 0 Å². The highest BCUT2D eigenvalue weighted by molar-refractivity contribution is 5.37. The molecular weight excluding hydrogens is 225 g/mol. The summed E-state index contributed by atoms with van der Waals surface area (Å²) in [4.78, 5) is 0. The molecule has 3 heteroatoms. The molecular formula is C14H17F3. The van der Waals surface area contributed by atoms with Crippen molar-refractivity contribution in [2.75, 3.05) is 0 Å². The topological polar surface area (TPSA) is 0 Å². The Morgan fingerprint density at radius 3 is 2.41 bits per heavy atom. The fourth-order valence-electron chi connectivity index (χ4n) is 2.37. The van der Waals surface area contributed by atoms with Crippen LogP contribution >= 0.6 is 0 Å². The lowest BCUT2D eigenvalue weighted by molar-refractivity contribution is -0.138. The van der Waals surface area contributed by atoms with Crippen LogP contribution in [0.2, 0.25) is 0 Å². The van der Waals surface area contributed by atoms with E-state index >= 15 is 0 Å². The van der Waals surface area contributed by atoms with Crippen LogP contribution in [0.15, 0.2) is 18.2 Å². The first kappa shape index (κ1) is 12.5. The quantitative estimate of drug-likeness (QED) is 0.705. The lowest BCUT2D eigenvalue weighted by Crippen LogP contribution is -2.17. The van der Waals surface area contributed by atoms with Gasteiger partial charge in [0.25, 0.3) is 0 Å². The average Bonchev–Trinajstić information content (AvgIpc) is 2.16. The molecule has 17 heavy (non-hydrogen) atoms. The van der Waals surface area contributed by atoms with Crippen molar-refractivity contribution in [3.8, 4) is 0 Å². The van der Waals surface area contributed by atoms with Gasteiger partial charge in [-0.1, -0.05) is 31.9 Å². The highest BCUT2D eigenvalue weighted by Gasteiger charge is 2.36. The summed E-state index contributed by atoms with van der Waals surface area (Å²) in [6, 6.07) is 4.89. The molecule has 0 atom stereocenters. The monoisotopic (exact) mass is 242 g/mol. The van der Waals surface area contributed by atoms with Crippen LogP contribution in [-0.4, -0.2) is 0 Å². The van der Waals surface area contributed by atoms with Gasteiger partial charge in [-0.25, -0.2) is 0 Å². The number of rotatable bonds is 3. The van der Waals surface area contributed by atoms with Crippen molar-refractivity contribution in [2.45, 2.75) is 51.1 Å². The molecule has 0 nitrogen and oxygen atoms in total. The van der Waals surface area contributed by atoms with Gasteiger partial charge < -0.3 is 0 Å². The molecule has 1 aromatic carbocycles. The van der Waals surface area contributed by atoms with E-state index < -0.39 is 11.7 Å². The number of aryl methyl sites for hydroxylation is 1. The molecule has 0 heterocycles. The zero-order valence-electron chi connectivity index (χ0n) is 9.98. The molecule has 0 bridgehead atoms. The SMILES string of the molecule is CCCc1ccc(C2CCC2)c(C(F)(F)F)c1. The molecule has 0 N–H and O–H groups in total. The summed E-state index contributed by atoms with van der Waals surface area (Å²) in [6.45, 7) is 1.98. The Morgan fingerprint density at radius 2 is 1.94 bits per heavy atom. The first-order valence-electron chi connectivity index (χ1n) is 6.22. The molecule has 0 radical (unpaired) electrons. The second kappa shape index (κ2) is 4.71. The highest BCUT2D eigenvalue weighted by atomic mass is 19.4. The Balaban J connectivity index is 2.37. The predicted molar refractivity (Wildman–Crippen MR) is 62.0 cm³/mol. The average molecular weight is 242 g/mol. The van der Waals surface area contributed by atoms with Gasteiger partial charge in [-0.2, -0.15) is 13.2 Å². The molecule has 0 amide bonds. The maximum atomic E-state index is 13.0. The maximum Gasteiger partial charge on any atom is 0.416 e. The van der Waals surface area contributed by atoms with Gasteiger partial charge >= 0.3 is 6.18 Å². The van der Waals surface area contributed by atoms with Crippen LogP contribution in [0, 0.1) is 0 Å². The smallest absolute Gasteiger partial charge is 0.166 e. The van der Waals surface area contributed by atoms with Crippen molar-refractivity contribution < 1.29 is 13.2 Å². The fourth-order valence-corrected chi connectivity index (χ4v) is 2.37. The maximum absolute atomic E-state index is 13.0. The van der Waals surface area contributed by atoms with E-state index in [0.29, 0.717) is 12.0 Å². The summed E-state index contributed by atoms with van der Waals surface area (Å²) in [5.41, 5.74) is 0.889. The van der Waals surface area contributed by atoms with E-state index in [0.717, 1.165) is 31.2 Å². The molecule has 2 rings (SSSR count). The van der Waals surface area contributed by atoms with Gasteiger partial charge in [-0.05, 0) is 42.4 Å². The van der Waals surface area contributed by atoms with Crippen molar-refractivity contribution in [1.82, 2.24) is 0 Å². The number of halogens is 3. The minimum atomic E-state index is -4.21. The van der Waals surface area contributed by atoms with Crippen molar-refractivity contribution in [1.29, 1.82) is 0 Å². The Bertz CT molecular complexity index is 389. The van der Waals surface area contributed by atoms with E-state index in [4.69, 9.17) is 0 Å². The standard InChI is InChI=1S/C14H17F3/c1-2-4-10-7-8-12(11-5-3-6-11)13(9-10)14(15,16)17/h7-9,11H,2-6H2,1H3. The lowest BCUT2D eigenvalue weighted by Gasteiger charge is -2.29. The van der Waals surface area contributed by atoms with E-state index in [1.807, 2.05) is 13.0 Å². The lowest BCUT2D eigenvalue weighted by atomic mass is 9.77. The summed E-state index contributed by atoms with van der Waals surface area (Å²) in [6.07, 6.45) is 0.230. The second-order valence-corrected chi connectivity index (χ2v) is 4.80. The molecule has 1 aromatic rings. The van der Waals surface area contributed by atoms with Gasteiger partial charge in [0.15, 0.2) is 0 Å². The van der Waals surface area contributed by atoms with Crippen LogP contribution in [-0.2, 0) is 12.6 Å². The minimum Gasteiger partial charge on any atom is -0.166 e. The van der Waals surface area contributed by atoms with E-state index in [1.54, 1.807) is 6.07 Å². The summed E-state index contributed by atoms with van der Waals surface area (Å²) in [7, 11) is 0. The zero-order chi connectivity index (χ0) is 12.5. The Hall–Kier alpha value is -0.990. The highest BCUT2D eigenvalue weighted by Crippen LogP contribution is 2.43. The van der Waals surface area contributed by atoms with Gasteiger partial charge in [0, 0.05) is 0 Å². The van der Waals surface area contributed by atoms with Gasteiger partial charge in [0.05, 0.1) is 5.56 Å². The Labute approximate surface area is 99.8 Å². The van der Waals surface area contributed by atoms with E-state index in [2.05, 4.69) is 0 Å². The third kappa shape index (κ3) is 2.64. The fraction of sp³-hybridized carbons (Fsp3) is 0.571. The van der Waals surface area contributed by atoms with Crippen LogP contribution in [0.1, 0.15) is 55.2 Å². The van der Waals surface area contributed by atoms with Crippen molar-refractivity contribution in [3.63, 3.8) is 0 Å². The van der Waals surface area contributed by atoms with E-state index in [1.165, 1.54) is 6.07 Å². The largest absolute Gasteiger partial charge is 0.416 e. The van der Waals surface area contributed by atoms with Crippen LogP contribution in [0.5, 0.6) is 0 Å².